The Morgan fingerprint density at radius 1 is 0.605 bits per heavy atom. The van der Waals surface area contributed by atoms with E-state index in [-0.39, 0.29) is 11.9 Å². The molecule has 9 nitrogen and oxygen atoms in total. The Labute approximate surface area is 247 Å². The Morgan fingerprint density at radius 3 is 1.16 bits per heavy atom. The topological polar surface area (TPSA) is 98.8 Å². The Balaban J connectivity index is 0.00000144. The second-order valence-corrected chi connectivity index (χ2v) is 19.4. The molecule has 0 spiro atoms. The molecule has 0 aromatic heterocycles. The number of hydrogen-bond donors (Lipinski definition) is 0. The van der Waals surface area contributed by atoms with Crippen molar-refractivity contribution in [3.63, 3.8) is 0 Å². The molecule has 0 N–H and O–H groups in total. The number of carbonyl (C=O) groups excluding carboxylic acids is 2. The summed E-state index contributed by atoms with van der Waals surface area (Å²) in [4.78, 5) is 20.5. The molecule has 38 heavy (non-hydrogen) atoms. The fourth-order valence-corrected chi connectivity index (χ4v) is 15.3. The molecule has 0 aromatic carbocycles. The minimum absolute atomic E-state index is 0.388. The first kappa shape index (κ1) is 38.7. The van der Waals surface area contributed by atoms with E-state index in [4.69, 9.17) is 26.6 Å². The van der Waals surface area contributed by atoms with Gasteiger partial charge in [0.2, 0.25) is 0 Å². The molecule has 1 fully saturated rings. The third-order valence-corrected chi connectivity index (χ3v) is 17.7. The van der Waals surface area contributed by atoms with Crippen LogP contribution in [-0.4, -0.2) is 80.7 Å². The van der Waals surface area contributed by atoms with E-state index in [0.717, 1.165) is 36.4 Å². The summed E-state index contributed by atoms with van der Waals surface area (Å²) in [5.41, 5.74) is 0. The third-order valence-electron chi connectivity index (χ3n) is 4.72. The van der Waals surface area contributed by atoms with Crippen LogP contribution >= 0.6 is 41.2 Å². The fraction of sp³-hybridized carbons (Fsp3) is 0.913. The molecule has 226 valence electrons. The molecular weight excluding hydrogens is 605 g/mol. The second kappa shape index (κ2) is 25.4. The molecule has 0 unspecified atom stereocenters. The molecule has 0 aromatic rings. The van der Waals surface area contributed by atoms with Gasteiger partial charge in [0.15, 0.2) is 0 Å². The molecule has 15 heteroatoms. The largest absolute Gasteiger partial charge is 0.500 e. The summed E-state index contributed by atoms with van der Waals surface area (Å²) >= 11 is 0. The van der Waals surface area contributed by atoms with Crippen LogP contribution in [0, 0.1) is 0 Å². The van der Waals surface area contributed by atoms with Gasteiger partial charge in [0, 0.05) is 76.1 Å². The van der Waals surface area contributed by atoms with Crippen LogP contribution in [0.3, 0.4) is 0 Å². The van der Waals surface area contributed by atoms with Crippen molar-refractivity contribution in [3.05, 3.63) is 0 Å². The van der Waals surface area contributed by atoms with E-state index in [1.165, 1.54) is 0 Å². The van der Waals surface area contributed by atoms with Crippen molar-refractivity contribution >= 4 is 70.8 Å². The SMILES string of the molecule is CCO[Si](CCCSSSSCCC[Si](OCC)(OCC)OCC)(OCC)OCC.O=C1CCCC(=O)O1. The van der Waals surface area contributed by atoms with Gasteiger partial charge in [-0.2, -0.15) is 0 Å². The number of cyclic esters (lactones) is 2. The van der Waals surface area contributed by atoms with Crippen molar-refractivity contribution in [1.29, 1.82) is 0 Å². The maximum absolute atomic E-state index is 10.2. The minimum atomic E-state index is -2.49. The van der Waals surface area contributed by atoms with E-state index in [1.807, 2.05) is 82.8 Å². The quantitative estimate of drug-likeness (QED) is 0.0382. The lowest BCUT2D eigenvalue weighted by molar-refractivity contribution is -0.163. The van der Waals surface area contributed by atoms with E-state index in [0.29, 0.717) is 58.9 Å². The van der Waals surface area contributed by atoms with Crippen LogP contribution in [0.1, 0.15) is 73.6 Å². The number of carbonyl (C=O) groups is 2. The molecule has 0 atom stereocenters. The van der Waals surface area contributed by atoms with Gasteiger partial charge >= 0.3 is 29.5 Å². The molecule has 0 amide bonds. The molecule has 0 saturated carbocycles. The zero-order chi connectivity index (χ0) is 28.5. The molecule has 0 bridgehead atoms. The van der Waals surface area contributed by atoms with Gasteiger partial charge in [0.05, 0.1) is 0 Å². The summed E-state index contributed by atoms with van der Waals surface area (Å²) in [5.74, 6) is 1.35. The van der Waals surface area contributed by atoms with Gasteiger partial charge < -0.3 is 31.3 Å². The van der Waals surface area contributed by atoms with Crippen molar-refractivity contribution in [3.8, 4) is 0 Å². The summed E-state index contributed by atoms with van der Waals surface area (Å²) in [5, 5.41) is 0. The lowest BCUT2D eigenvalue weighted by atomic mass is 10.2. The molecule has 1 saturated heterocycles. The van der Waals surface area contributed by atoms with Crippen molar-refractivity contribution < 1.29 is 40.9 Å². The highest BCUT2D eigenvalue weighted by Gasteiger charge is 2.40. The van der Waals surface area contributed by atoms with E-state index in [1.54, 1.807) is 0 Å². The maximum atomic E-state index is 10.2. The number of esters is 2. The Hall–Kier alpha value is 0.734. The van der Waals surface area contributed by atoms with E-state index < -0.39 is 17.6 Å². The smallest absolute Gasteiger partial charge is 0.393 e. The van der Waals surface area contributed by atoms with Crippen LogP contribution in [0.5, 0.6) is 0 Å². The van der Waals surface area contributed by atoms with Crippen LogP contribution < -0.4 is 0 Å². The first-order valence-corrected chi connectivity index (χ1v) is 22.5. The third kappa shape index (κ3) is 19.0. The van der Waals surface area contributed by atoms with E-state index >= 15 is 0 Å². The normalized spacial score (nSPS) is 14.3. The van der Waals surface area contributed by atoms with Crippen LogP contribution in [0.4, 0.5) is 0 Å². The number of ether oxygens (including phenoxy) is 1. The average Bonchev–Trinajstić information content (AvgIpc) is 2.86. The summed E-state index contributed by atoms with van der Waals surface area (Å²) in [6.07, 6.45) is 3.52. The molecule has 0 radical (unpaired) electrons. The van der Waals surface area contributed by atoms with Gasteiger partial charge in [-0.3, -0.25) is 9.59 Å². The summed E-state index contributed by atoms with van der Waals surface area (Å²) < 4.78 is 39.6. The molecule has 1 aliphatic rings. The predicted octanol–water partition coefficient (Wildman–Crippen LogP) is 6.78. The average molecular weight is 653 g/mol. The fourth-order valence-electron chi connectivity index (χ4n) is 3.41. The summed E-state index contributed by atoms with van der Waals surface area (Å²) in [6.45, 7) is 15.8. The summed E-state index contributed by atoms with van der Waals surface area (Å²) in [7, 11) is 2.48. The monoisotopic (exact) mass is 652 g/mol. The highest BCUT2D eigenvalue weighted by molar-refractivity contribution is 9.26. The number of hydrogen-bond acceptors (Lipinski definition) is 13. The van der Waals surface area contributed by atoms with Crippen LogP contribution in [0.2, 0.25) is 12.1 Å². The highest BCUT2D eigenvalue weighted by atomic mass is 33.7. The van der Waals surface area contributed by atoms with Gasteiger partial charge in [-0.15, -0.1) is 0 Å². The van der Waals surface area contributed by atoms with E-state index in [2.05, 4.69) is 4.74 Å². The van der Waals surface area contributed by atoms with E-state index in [9.17, 15) is 9.59 Å². The minimum Gasteiger partial charge on any atom is -0.393 e. The van der Waals surface area contributed by atoms with Crippen molar-refractivity contribution in [2.75, 3.05) is 51.1 Å². The van der Waals surface area contributed by atoms with Gasteiger partial charge in [-0.1, -0.05) is 21.6 Å². The van der Waals surface area contributed by atoms with Crippen molar-refractivity contribution in [1.82, 2.24) is 0 Å². The van der Waals surface area contributed by atoms with Gasteiger partial charge in [0.25, 0.3) is 0 Å². The van der Waals surface area contributed by atoms with Crippen LogP contribution in [0.15, 0.2) is 0 Å². The molecule has 1 aliphatic heterocycles. The van der Waals surface area contributed by atoms with Crippen molar-refractivity contribution in [2.24, 2.45) is 0 Å². The predicted molar refractivity (Wildman–Crippen MR) is 165 cm³/mol. The lowest BCUT2D eigenvalue weighted by Crippen LogP contribution is -2.46. The van der Waals surface area contributed by atoms with Crippen LogP contribution in [-0.2, 0) is 40.9 Å². The summed E-state index contributed by atoms with van der Waals surface area (Å²) in [6, 6.07) is 1.76. The Bertz CT molecular complexity index is 527. The maximum Gasteiger partial charge on any atom is 0.500 e. The molecular formula is C23H48O9S4Si2. The Morgan fingerprint density at radius 2 is 0.921 bits per heavy atom. The van der Waals surface area contributed by atoms with Crippen LogP contribution in [0.25, 0.3) is 0 Å². The van der Waals surface area contributed by atoms with Gasteiger partial charge in [0.1, 0.15) is 0 Å². The first-order chi connectivity index (χ1) is 18.4. The van der Waals surface area contributed by atoms with Gasteiger partial charge in [-0.05, 0) is 80.5 Å². The van der Waals surface area contributed by atoms with Crippen molar-refractivity contribution in [2.45, 2.75) is 85.7 Å². The standard InChI is InChI=1S/C18H42O6S4Si2.C5H6O3/c1-7-19-29(20-8-2,21-9-3)17-13-15-25-27-28-26-16-14-18-30(22-10-4,23-11-5)24-12-6;6-4-2-1-3-5(7)8-4/h7-18H2,1-6H3;1-3H2. The highest BCUT2D eigenvalue weighted by Crippen LogP contribution is 2.44. The zero-order valence-electron chi connectivity index (χ0n) is 23.9. The second-order valence-electron chi connectivity index (χ2n) is 7.65. The Kier molecular flexibility index (Phi) is 25.9. The zero-order valence-corrected chi connectivity index (χ0v) is 29.2. The van der Waals surface area contributed by atoms with Gasteiger partial charge in [-0.25, -0.2) is 0 Å². The molecule has 1 heterocycles. The lowest BCUT2D eigenvalue weighted by Gasteiger charge is -2.28. The first-order valence-electron chi connectivity index (χ1n) is 13.5. The number of rotatable bonds is 23. The molecule has 0 aliphatic carbocycles. The molecule has 1 rings (SSSR count).